The number of hydrogen-bond donors (Lipinski definition) is 1. The monoisotopic (exact) mass is 457 g/mol. The van der Waals surface area contributed by atoms with Crippen LogP contribution in [-0.4, -0.2) is 29.1 Å². The van der Waals surface area contributed by atoms with E-state index in [9.17, 15) is 9.59 Å². The normalized spacial score (nSPS) is 19.3. The molecule has 2 aliphatic rings. The van der Waals surface area contributed by atoms with Crippen LogP contribution in [0.2, 0.25) is 0 Å². The molecule has 1 N–H and O–H groups in total. The molecule has 5 nitrogen and oxygen atoms in total. The molecule has 1 saturated heterocycles. The van der Waals surface area contributed by atoms with Crippen LogP contribution in [0.1, 0.15) is 27.8 Å². The maximum Gasteiger partial charge on any atom is 0.323 e. The van der Waals surface area contributed by atoms with Gasteiger partial charge < -0.3 is 10.2 Å². The van der Waals surface area contributed by atoms with E-state index in [0.29, 0.717) is 18.8 Å². The van der Waals surface area contributed by atoms with Gasteiger partial charge in [-0.2, -0.15) is 0 Å². The van der Waals surface area contributed by atoms with Gasteiger partial charge >= 0.3 is 6.03 Å². The number of carbonyl (C=O) groups is 2. The highest BCUT2D eigenvalue weighted by atomic mass is 32.2. The van der Waals surface area contributed by atoms with Crippen LogP contribution < -0.4 is 10.2 Å². The fraction of sp³-hybridized carbons (Fsp3) is 0.259. The van der Waals surface area contributed by atoms with Crippen molar-refractivity contribution in [2.45, 2.75) is 32.2 Å². The number of thioether (sulfide) groups is 1. The van der Waals surface area contributed by atoms with Crippen LogP contribution in [0.25, 0.3) is 0 Å². The Bertz CT molecular complexity index is 1240. The zero-order valence-electron chi connectivity index (χ0n) is 19.1. The molecule has 0 saturated carbocycles. The van der Waals surface area contributed by atoms with E-state index in [1.807, 2.05) is 55.1 Å². The Labute approximate surface area is 198 Å². The zero-order chi connectivity index (χ0) is 23.2. The number of amides is 3. The van der Waals surface area contributed by atoms with Crippen molar-refractivity contribution in [2.75, 3.05) is 22.5 Å². The van der Waals surface area contributed by atoms with Crippen LogP contribution in [0.5, 0.6) is 0 Å². The van der Waals surface area contributed by atoms with E-state index in [-0.39, 0.29) is 11.9 Å². The first-order valence-electron chi connectivity index (χ1n) is 11.2. The predicted molar refractivity (Wildman–Crippen MR) is 135 cm³/mol. The summed E-state index contributed by atoms with van der Waals surface area (Å²) in [4.78, 5) is 30.0. The molecule has 2 heterocycles. The molecule has 3 aromatic rings. The highest BCUT2D eigenvalue weighted by Gasteiger charge is 2.59. The standard InChI is InChI=1S/C27H27N3O2S/c1-18-7-10-21(11-8-18)17-29-24-12-9-20(3)16-23(24)27(25(29)31)30(13-14-33-27)26(32)28-22-6-4-5-19(2)15-22/h4-12,15-16H,13-14,17H2,1-3H3,(H,28,32). The van der Waals surface area contributed by atoms with Crippen molar-refractivity contribution in [3.8, 4) is 0 Å². The molecule has 2 aliphatic heterocycles. The average molecular weight is 458 g/mol. The van der Waals surface area contributed by atoms with Gasteiger partial charge in [0.05, 0.1) is 12.2 Å². The largest absolute Gasteiger partial charge is 0.323 e. The van der Waals surface area contributed by atoms with Gasteiger partial charge in [0.15, 0.2) is 4.87 Å². The highest BCUT2D eigenvalue weighted by Crippen LogP contribution is 2.54. The number of carbonyl (C=O) groups excluding carboxylic acids is 2. The topological polar surface area (TPSA) is 52.7 Å². The van der Waals surface area contributed by atoms with Crippen LogP contribution >= 0.6 is 11.8 Å². The summed E-state index contributed by atoms with van der Waals surface area (Å²) >= 11 is 1.55. The van der Waals surface area contributed by atoms with Crippen molar-refractivity contribution >= 4 is 35.1 Å². The van der Waals surface area contributed by atoms with E-state index in [0.717, 1.165) is 33.6 Å². The summed E-state index contributed by atoms with van der Waals surface area (Å²) in [6, 6.07) is 21.8. The molecular formula is C27H27N3O2S. The second kappa shape index (κ2) is 8.27. The molecule has 0 bridgehead atoms. The second-order valence-corrected chi connectivity index (χ2v) is 10.1. The Morgan fingerprint density at radius 3 is 2.45 bits per heavy atom. The lowest BCUT2D eigenvalue weighted by Crippen LogP contribution is -2.51. The SMILES string of the molecule is Cc1ccc(CN2C(=O)C3(SCCN3C(=O)Nc3cccc(C)c3)c3cc(C)ccc32)cc1. The predicted octanol–water partition coefficient (Wildman–Crippen LogP) is 5.59. The van der Waals surface area contributed by atoms with E-state index in [4.69, 9.17) is 0 Å². The molecule has 168 valence electrons. The minimum Gasteiger partial charge on any atom is -0.308 e. The quantitative estimate of drug-likeness (QED) is 0.558. The minimum atomic E-state index is -1.04. The summed E-state index contributed by atoms with van der Waals surface area (Å²) in [6.45, 7) is 7.06. The van der Waals surface area contributed by atoms with Gasteiger partial charge in [-0.1, -0.05) is 59.7 Å². The summed E-state index contributed by atoms with van der Waals surface area (Å²) in [7, 11) is 0. The molecule has 6 heteroatoms. The maximum atomic E-state index is 14.1. The molecule has 3 amide bonds. The summed E-state index contributed by atoms with van der Waals surface area (Å²) in [5, 5.41) is 3.02. The van der Waals surface area contributed by atoms with Crippen LogP contribution in [0.4, 0.5) is 16.2 Å². The first kappa shape index (κ1) is 21.6. The van der Waals surface area contributed by atoms with Gasteiger partial charge in [-0.25, -0.2) is 4.79 Å². The number of nitrogens with zero attached hydrogens (tertiary/aromatic N) is 2. The van der Waals surface area contributed by atoms with Crippen molar-refractivity contribution in [1.29, 1.82) is 0 Å². The number of hydrogen-bond acceptors (Lipinski definition) is 3. The lowest BCUT2D eigenvalue weighted by molar-refractivity contribution is -0.123. The zero-order valence-corrected chi connectivity index (χ0v) is 19.9. The van der Waals surface area contributed by atoms with E-state index in [1.54, 1.807) is 16.7 Å². The third-order valence-electron chi connectivity index (χ3n) is 6.32. The van der Waals surface area contributed by atoms with Crippen molar-refractivity contribution in [3.05, 3.63) is 94.5 Å². The molecule has 5 rings (SSSR count). The average Bonchev–Trinajstić information content (AvgIpc) is 3.32. The van der Waals surface area contributed by atoms with Crippen molar-refractivity contribution in [2.24, 2.45) is 0 Å². The van der Waals surface area contributed by atoms with Gasteiger partial charge in [-0.15, -0.1) is 11.8 Å². The van der Waals surface area contributed by atoms with Crippen molar-refractivity contribution < 1.29 is 9.59 Å². The number of urea groups is 1. The molecule has 33 heavy (non-hydrogen) atoms. The van der Waals surface area contributed by atoms with E-state index < -0.39 is 4.87 Å². The third kappa shape index (κ3) is 3.68. The number of nitrogens with one attached hydrogen (secondary N) is 1. The van der Waals surface area contributed by atoms with Crippen molar-refractivity contribution in [3.63, 3.8) is 0 Å². The van der Waals surface area contributed by atoms with Gasteiger partial charge in [-0.3, -0.25) is 9.69 Å². The first-order chi connectivity index (χ1) is 15.9. The molecule has 1 atom stereocenters. The van der Waals surface area contributed by atoms with Crippen molar-refractivity contribution in [1.82, 2.24) is 4.90 Å². The van der Waals surface area contributed by atoms with Crippen LogP contribution in [0.15, 0.2) is 66.7 Å². The Kier molecular flexibility index (Phi) is 5.41. The molecule has 1 spiro atoms. The lowest BCUT2D eigenvalue weighted by Gasteiger charge is -2.33. The number of fused-ring (bicyclic) bond motifs is 2. The molecule has 0 radical (unpaired) electrons. The number of anilines is 2. The first-order valence-corrected chi connectivity index (χ1v) is 12.1. The Morgan fingerprint density at radius 2 is 1.70 bits per heavy atom. The molecular weight excluding hydrogens is 430 g/mol. The van der Waals surface area contributed by atoms with Gasteiger partial charge in [0.1, 0.15) is 0 Å². The maximum absolute atomic E-state index is 14.1. The van der Waals surface area contributed by atoms with Gasteiger partial charge in [-0.05, 0) is 50.1 Å². The van der Waals surface area contributed by atoms with Crippen LogP contribution in [0.3, 0.4) is 0 Å². The number of aryl methyl sites for hydroxylation is 3. The summed E-state index contributed by atoms with van der Waals surface area (Å²) in [6.07, 6.45) is 0. The number of benzene rings is 3. The Morgan fingerprint density at radius 1 is 0.970 bits per heavy atom. The van der Waals surface area contributed by atoms with E-state index in [2.05, 4.69) is 42.6 Å². The second-order valence-electron chi connectivity index (χ2n) is 8.84. The van der Waals surface area contributed by atoms with E-state index in [1.165, 1.54) is 5.56 Å². The fourth-order valence-electron chi connectivity index (χ4n) is 4.68. The number of rotatable bonds is 3. The highest BCUT2D eigenvalue weighted by molar-refractivity contribution is 8.01. The van der Waals surface area contributed by atoms with Gasteiger partial charge in [0.2, 0.25) is 0 Å². The molecule has 1 fully saturated rings. The molecule has 3 aromatic carbocycles. The molecule has 0 aromatic heterocycles. The summed E-state index contributed by atoms with van der Waals surface area (Å²) in [5.41, 5.74) is 6.92. The summed E-state index contributed by atoms with van der Waals surface area (Å²) < 4.78 is 0. The molecule has 1 unspecified atom stereocenters. The van der Waals surface area contributed by atoms with Gasteiger partial charge in [0, 0.05) is 23.5 Å². The van der Waals surface area contributed by atoms with Crippen LogP contribution in [-0.2, 0) is 16.2 Å². The third-order valence-corrected chi connectivity index (χ3v) is 7.74. The fourth-order valence-corrected chi connectivity index (χ4v) is 6.13. The van der Waals surface area contributed by atoms with Gasteiger partial charge in [0.25, 0.3) is 5.91 Å². The Hall–Kier alpha value is -3.25. The lowest BCUT2D eigenvalue weighted by atomic mass is 10.0. The smallest absolute Gasteiger partial charge is 0.308 e. The summed E-state index contributed by atoms with van der Waals surface area (Å²) in [5.74, 6) is 0.657. The van der Waals surface area contributed by atoms with Crippen LogP contribution in [0, 0.1) is 20.8 Å². The van der Waals surface area contributed by atoms with E-state index >= 15 is 0 Å². The minimum absolute atomic E-state index is 0.0504. The Balaban J connectivity index is 1.53. The molecule has 0 aliphatic carbocycles.